The minimum Gasteiger partial charge on any atom is -0.393 e. The number of anilines is 1. The normalized spacial score (nSPS) is 20.2. The zero-order valence-corrected chi connectivity index (χ0v) is 14.5. The summed E-state index contributed by atoms with van der Waals surface area (Å²) in [7, 11) is 0. The molecule has 2 heterocycles. The van der Waals surface area contributed by atoms with Crippen molar-refractivity contribution in [3.05, 3.63) is 54.4 Å². The molecule has 2 aromatic heterocycles. The summed E-state index contributed by atoms with van der Waals surface area (Å²) in [5, 5.41) is 15.6. The van der Waals surface area contributed by atoms with Crippen LogP contribution in [0.15, 0.2) is 48.8 Å². The van der Waals surface area contributed by atoms with Crippen LogP contribution in [-0.2, 0) is 13.1 Å². The van der Waals surface area contributed by atoms with Gasteiger partial charge < -0.3 is 10.0 Å². The van der Waals surface area contributed by atoms with Gasteiger partial charge in [0.2, 0.25) is 0 Å². The van der Waals surface area contributed by atoms with Gasteiger partial charge in [0.1, 0.15) is 0 Å². The summed E-state index contributed by atoms with van der Waals surface area (Å²) in [6.07, 6.45) is 6.30. The van der Waals surface area contributed by atoms with Crippen LogP contribution in [-0.4, -0.2) is 32.0 Å². The lowest BCUT2D eigenvalue weighted by Gasteiger charge is -2.32. The Morgan fingerprint density at radius 1 is 1.20 bits per heavy atom. The predicted molar refractivity (Wildman–Crippen MR) is 99.5 cm³/mol. The van der Waals surface area contributed by atoms with E-state index in [0.29, 0.717) is 6.04 Å². The zero-order valence-electron chi connectivity index (χ0n) is 14.5. The fraction of sp³-hybridized carbons (Fsp3) is 0.400. The van der Waals surface area contributed by atoms with E-state index in [1.807, 2.05) is 23.1 Å². The van der Waals surface area contributed by atoms with Gasteiger partial charge in [-0.2, -0.15) is 5.10 Å². The molecular formula is C20H24N4O. The van der Waals surface area contributed by atoms with Crippen LogP contribution in [0.5, 0.6) is 0 Å². The van der Waals surface area contributed by atoms with E-state index in [4.69, 9.17) is 0 Å². The largest absolute Gasteiger partial charge is 0.393 e. The second-order valence-corrected chi connectivity index (χ2v) is 6.76. The molecule has 5 nitrogen and oxygen atoms in total. The third-order valence-electron chi connectivity index (χ3n) is 5.14. The molecule has 2 unspecified atom stereocenters. The molecule has 25 heavy (non-hydrogen) atoms. The number of nitrogens with zero attached hydrogens (tertiary/aromatic N) is 4. The first-order valence-electron chi connectivity index (χ1n) is 9.05. The summed E-state index contributed by atoms with van der Waals surface area (Å²) >= 11 is 0. The monoisotopic (exact) mass is 336 g/mol. The van der Waals surface area contributed by atoms with E-state index < -0.39 is 0 Å². The number of rotatable bonds is 5. The van der Waals surface area contributed by atoms with Gasteiger partial charge in [-0.3, -0.25) is 0 Å². The van der Waals surface area contributed by atoms with Crippen molar-refractivity contribution in [3.8, 4) is 0 Å². The molecule has 0 amide bonds. The first kappa shape index (κ1) is 16.1. The van der Waals surface area contributed by atoms with E-state index in [0.717, 1.165) is 49.1 Å². The van der Waals surface area contributed by atoms with E-state index in [1.54, 1.807) is 0 Å². The molecule has 1 fully saturated rings. The van der Waals surface area contributed by atoms with E-state index >= 15 is 0 Å². The van der Waals surface area contributed by atoms with Crippen molar-refractivity contribution in [2.45, 2.75) is 51.4 Å². The summed E-state index contributed by atoms with van der Waals surface area (Å²) < 4.78 is 1.93. The predicted octanol–water partition coefficient (Wildman–Crippen LogP) is 3.37. The molecule has 2 atom stereocenters. The molecule has 1 N–H and O–H groups in total. The van der Waals surface area contributed by atoms with Crippen LogP contribution in [0.25, 0.3) is 11.0 Å². The molecule has 0 spiro atoms. The van der Waals surface area contributed by atoms with E-state index in [1.165, 1.54) is 5.56 Å². The quantitative estimate of drug-likeness (QED) is 0.776. The average molecular weight is 336 g/mol. The first-order valence-corrected chi connectivity index (χ1v) is 9.05. The lowest BCUT2D eigenvalue weighted by Crippen LogP contribution is -2.33. The summed E-state index contributed by atoms with van der Waals surface area (Å²) in [4.78, 5) is 6.96. The third-order valence-corrected chi connectivity index (χ3v) is 5.14. The van der Waals surface area contributed by atoms with Gasteiger partial charge in [0.15, 0.2) is 5.65 Å². The van der Waals surface area contributed by atoms with Crippen molar-refractivity contribution in [3.63, 3.8) is 0 Å². The van der Waals surface area contributed by atoms with Gasteiger partial charge in [0.25, 0.3) is 0 Å². The Balaban J connectivity index is 1.76. The Morgan fingerprint density at radius 2 is 2.04 bits per heavy atom. The second kappa shape index (κ2) is 6.84. The highest BCUT2D eigenvalue weighted by atomic mass is 16.3. The van der Waals surface area contributed by atoms with Crippen LogP contribution in [0.2, 0.25) is 0 Å². The van der Waals surface area contributed by atoms with Crippen LogP contribution in [0.1, 0.15) is 31.7 Å². The van der Waals surface area contributed by atoms with Crippen molar-refractivity contribution in [1.82, 2.24) is 14.8 Å². The van der Waals surface area contributed by atoms with Crippen LogP contribution < -0.4 is 4.90 Å². The molecule has 5 heteroatoms. The molecule has 1 aliphatic rings. The Labute approximate surface area is 147 Å². The minimum absolute atomic E-state index is 0.195. The number of benzene rings is 1. The number of aryl methyl sites for hydroxylation is 1. The second-order valence-electron chi connectivity index (χ2n) is 6.76. The molecular weight excluding hydrogens is 312 g/mol. The molecule has 1 aliphatic carbocycles. The highest BCUT2D eigenvalue weighted by molar-refractivity contribution is 5.89. The number of aliphatic hydroxyl groups excluding tert-OH is 1. The maximum Gasteiger partial charge on any atom is 0.159 e. The lowest BCUT2D eigenvalue weighted by molar-refractivity contribution is 0.181. The summed E-state index contributed by atoms with van der Waals surface area (Å²) in [6, 6.07) is 12.9. The van der Waals surface area contributed by atoms with Gasteiger partial charge >= 0.3 is 0 Å². The van der Waals surface area contributed by atoms with Crippen molar-refractivity contribution in [1.29, 1.82) is 0 Å². The Kier molecular flexibility index (Phi) is 4.40. The molecule has 1 saturated carbocycles. The molecule has 130 valence electrons. The van der Waals surface area contributed by atoms with Gasteiger partial charge in [0, 0.05) is 25.3 Å². The summed E-state index contributed by atoms with van der Waals surface area (Å²) in [5.74, 6) is 0. The number of fused-ring (bicyclic) bond motifs is 1. The number of aromatic nitrogens is 3. The molecule has 0 saturated heterocycles. The van der Waals surface area contributed by atoms with Crippen molar-refractivity contribution < 1.29 is 5.11 Å². The van der Waals surface area contributed by atoms with Gasteiger partial charge in [-0.25, -0.2) is 9.67 Å². The number of aliphatic hydroxyl groups is 1. The van der Waals surface area contributed by atoms with Crippen molar-refractivity contribution >= 4 is 16.7 Å². The van der Waals surface area contributed by atoms with E-state index in [9.17, 15) is 5.11 Å². The summed E-state index contributed by atoms with van der Waals surface area (Å²) in [6.45, 7) is 3.71. The SMILES string of the molecule is CCn1ncc2c(N(Cc3ccccc3)C3CCC(O)C3)ccnc21. The van der Waals surface area contributed by atoms with Gasteiger partial charge in [-0.1, -0.05) is 30.3 Å². The maximum atomic E-state index is 10.1. The molecule has 0 aliphatic heterocycles. The summed E-state index contributed by atoms with van der Waals surface area (Å²) in [5.41, 5.74) is 3.36. The van der Waals surface area contributed by atoms with Crippen LogP contribution >= 0.6 is 0 Å². The smallest absolute Gasteiger partial charge is 0.159 e. The highest BCUT2D eigenvalue weighted by Crippen LogP contribution is 2.34. The number of hydrogen-bond donors (Lipinski definition) is 1. The van der Waals surface area contributed by atoms with Gasteiger partial charge in [-0.15, -0.1) is 0 Å². The molecule has 0 bridgehead atoms. The van der Waals surface area contributed by atoms with E-state index in [2.05, 4.69) is 52.2 Å². The standard InChI is InChI=1S/C20H24N4O/c1-2-24-20-18(13-22-24)19(10-11-21-20)23(16-8-9-17(25)12-16)14-15-6-4-3-5-7-15/h3-7,10-11,13,16-17,25H,2,8-9,12,14H2,1H3. The van der Waals surface area contributed by atoms with Gasteiger partial charge in [0.05, 0.1) is 23.4 Å². The average Bonchev–Trinajstić information content (AvgIpc) is 3.26. The molecule has 4 rings (SSSR count). The Morgan fingerprint density at radius 3 is 2.76 bits per heavy atom. The molecule has 0 radical (unpaired) electrons. The van der Waals surface area contributed by atoms with Crippen LogP contribution in [0.3, 0.4) is 0 Å². The Hall–Kier alpha value is -2.40. The highest BCUT2D eigenvalue weighted by Gasteiger charge is 2.29. The number of pyridine rings is 1. The minimum atomic E-state index is -0.195. The van der Waals surface area contributed by atoms with Crippen molar-refractivity contribution in [2.24, 2.45) is 0 Å². The topological polar surface area (TPSA) is 54.2 Å². The first-order chi connectivity index (χ1) is 12.3. The van der Waals surface area contributed by atoms with Gasteiger partial charge in [-0.05, 0) is 37.8 Å². The van der Waals surface area contributed by atoms with Crippen molar-refractivity contribution in [2.75, 3.05) is 4.90 Å². The molecule has 3 aromatic rings. The number of hydrogen-bond acceptors (Lipinski definition) is 4. The lowest BCUT2D eigenvalue weighted by atomic mass is 10.1. The van der Waals surface area contributed by atoms with Crippen LogP contribution in [0.4, 0.5) is 5.69 Å². The Bertz CT molecular complexity index is 845. The van der Waals surface area contributed by atoms with Crippen LogP contribution in [0, 0.1) is 0 Å². The fourth-order valence-electron chi connectivity index (χ4n) is 3.85. The third kappa shape index (κ3) is 3.12. The molecule has 1 aromatic carbocycles. The zero-order chi connectivity index (χ0) is 17.2. The van der Waals surface area contributed by atoms with E-state index in [-0.39, 0.29) is 6.10 Å². The maximum absolute atomic E-state index is 10.1. The fourth-order valence-corrected chi connectivity index (χ4v) is 3.85.